The minimum absolute atomic E-state index is 0.198. The number of aromatic nitrogens is 1. The summed E-state index contributed by atoms with van der Waals surface area (Å²) in [5, 5.41) is 3.50. The molecule has 0 bridgehead atoms. The summed E-state index contributed by atoms with van der Waals surface area (Å²) in [6, 6.07) is 3.71. The molecule has 8 nitrogen and oxygen atoms in total. The van der Waals surface area contributed by atoms with E-state index in [0.29, 0.717) is 31.1 Å². The van der Waals surface area contributed by atoms with E-state index in [1.807, 2.05) is 12.1 Å². The molecule has 2 aromatic rings. The SMILES string of the molecule is CNC(=O)c1sc2ncccc2c1[C@@H]1CN(S(=O)(=O)N2CCCC2)CCO1. The average Bonchev–Trinajstić information content (AvgIpc) is 3.35. The largest absolute Gasteiger partial charge is 0.371 e. The Kier molecular flexibility index (Phi) is 5.17. The van der Waals surface area contributed by atoms with Gasteiger partial charge in [-0.05, 0) is 18.9 Å². The fourth-order valence-electron chi connectivity index (χ4n) is 3.64. The quantitative estimate of drug-likeness (QED) is 0.822. The van der Waals surface area contributed by atoms with Crippen LogP contribution in [0.2, 0.25) is 0 Å². The molecule has 2 aliphatic rings. The molecule has 27 heavy (non-hydrogen) atoms. The monoisotopic (exact) mass is 410 g/mol. The van der Waals surface area contributed by atoms with E-state index in [2.05, 4.69) is 10.3 Å². The Morgan fingerprint density at radius 3 is 2.81 bits per heavy atom. The molecule has 1 amide bonds. The molecule has 0 radical (unpaired) electrons. The lowest BCUT2D eigenvalue weighted by molar-refractivity contribution is -0.00347. The standard InChI is InChI=1S/C17H22N4O4S2/c1-18-16(22)15-14(12-5-4-6-19-17(12)26-15)13-11-21(9-10-25-13)27(23,24)20-7-2-3-8-20/h4-6,13H,2-3,7-11H2,1H3,(H,18,22)/t13-/m0/s1. The van der Waals surface area contributed by atoms with Crippen LogP contribution in [0.15, 0.2) is 18.3 Å². The zero-order valence-electron chi connectivity index (χ0n) is 15.1. The maximum absolute atomic E-state index is 12.9. The van der Waals surface area contributed by atoms with E-state index in [1.54, 1.807) is 17.5 Å². The second-order valence-corrected chi connectivity index (χ2v) is 9.54. The summed E-state index contributed by atoms with van der Waals surface area (Å²) in [5.41, 5.74) is 0.726. The molecule has 0 spiro atoms. The molecule has 2 saturated heterocycles. The second-order valence-electron chi connectivity index (χ2n) is 6.61. The summed E-state index contributed by atoms with van der Waals surface area (Å²) >= 11 is 1.30. The number of carbonyl (C=O) groups is 1. The van der Waals surface area contributed by atoms with Gasteiger partial charge in [-0.2, -0.15) is 17.0 Å². The summed E-state index contributed by atoms with van der Waals surface area (Å²) in [6.07, 6.45) is 2.98. The first-order valence-corrected chi connectivity index (χ1v) is 11.2. The number of amides is 1. The van der Waals surface area contributed by atoms with Gasteiger partial charge in [0.15, 0.2) is 0 Å². The van der Waals surface area contributed by atoms with Gasteiger partial charge in [0.25, 0.3) is 16.1 Å². The Labute approximate surface area is 162 Å². The van der Waals surface area contributed by atoms with Crippen molar-refractivity contribution < 1.29 is 17.9 Å². The van der Waals surface area contributed by atoms with Crippen molar-refractivity contribution in [1.29, 1.82) is 0 Å². The number of fused-ring (bicyclic) bond motifs is 1. The van der Waals surface area contributed by atoms with Crippen molar-refractivity contribution in [3.8, 4) is 0 Å². The first-order chi connectivity index (χ1) is 13.0. The lowest BCUT2D eigenvalue weighted by Gasteiger charge is -2.34. The molecular formula is C17H22N4O4S2. The Bertz CT molecular complexity index is 953. The van der Waals surface area contributed by atoms with Gasteiger partial charge in [0.1, 0.15) is 9.71 Å². The van der Waals surface area contributed by atoms with Crippen LogP contribution >= 0.6 is 11.3 Å². The topological polar surface area (TPSA) is 91.8 Å². The van der Waals surface area contributed by atoms with Gasteiger partial charge in [-0.15, -0.1) is 11.3 Å². The van der Waals surface area contributed by atoms with Gasteiger partial charge in [0, 0.05) is 50.4 Å². The van der Waals surface area contributed by atoms with Crippen LogP contribution in [0.1, 0.15) is 34.2 Å². The van der Waals surface area contributed by atoms with E-state index >= 15 is 0 Å². The molecule has 0 unspecified atom stereocenters. The van der Waals surface area contributed by atoms with Gasteiger partial charge >= 0.3 is 0 Å². The van der Waals surface area contributed by atoms with Gasteiger partial charge < -0.3 is 10.1 Å². The number of nitrogens with one attached hydrogen (secondary N) is 1. The average molecular weight is 411 g/mol. The third-order valence-corrected chi connectivity index (χ3v) is 8.14. The zero-order valence-corrected chi connectivity index (χ0v) is 16.7. The number of ether oxygens (including phenoxy) is 1. The van der Waals surface area contributed by atoms with Crippen LogP contribution in [0.4, 0.5) is 0 Å². The van der Waals surface area contributed by atoms with Crippen LogP contribution in [-0.2, 0) is 14.9 Å². The number of thiophene rings is 1. The molecule has 146 valence electrons. The maximum Gasteiger partial charge on any atom is 0.282 e. The van der Waals surface area contributed by atoms with Crippen molar-refractivity contribution >= 4 is 37.7 Å². The molecule has 0 aliphatic carbocycles. The van der Waals surface area contributed by atoms with Crippen molar-refractivity contribution in [2.45, 2.75) is 18.9 Å². The number of pyridine rings is 1. The highest BCUT2D eigenvalue weighted by Crippen LogP contribution is 2.38. The van der Waals surface area contributed by atoms with Crippen LogP contribution in [-0.4, -0.2) is 67.8 Å². The van der Waals surface area contributed by atoms with E-state index in [4.69, 9.17) is 4.74 Å². The second kappa shape index (κ2) is 7.44. The molecule has 0 saturated carbocycles. The van der Waals surface area contributed by atoms with E-state index in [9.17, 15) is 13.2 Å². The van der Waals surface area contributed by atoms with E-state index < -0.39 is 16.3 Å². The van der Waals surface area contributed by atoms with Crippen LogP contribution < -0.4 is 5.32 Å². The Morgan fingerprint density at radius 1 is 1.30 bits per heavy atom. The number of morpholine rings is 1. The van der Waals surface area contributed by atoms with Gasteiger partial charge in [-0.1, -0.05) is 6.07 Å². The van der Waals surface area contributed by atoms with Crippen LogP contribution in [0.3, 0.4) is 0 Å². The number of carbonyl (C=O) groups excluding carboxylic acids is 1. The molecule has 10 heteroatoms. The highest BCUT2D eigenvalue weighted by Gasteiger charge is 2.37. The zero-order chi connectivity index (χ0) is 19.0. The predicted molar refractivity (Wildman–Crippen MR) is 103 cm³/mol. The number of nitrogens with zero attached hydrogens (tertiary/aromatic N) is 3. The summed E-state index contributed by atoms with van der Waals surface area (Å²) in [6.45, 7) is 1.95. The third-order valence-electron chi connectivity index (χ3n) is 5.01. The normalized spacial score (nSPS) is 22.3. The van der Waals surface area contributed by atoms with E-state index in [-0.39, 0.29) is 12.5 Å². The van der Waals surface area contributed by atoms with Crippen molar-refractivity contribution in [1.82, 2.24) is 18.9 Å². The molecule has 1 atom stereocenters. The molecule has 2 aromatic heterocycles. The fraction of sp³-hybridized carbons (Fsp3) is 0.529. The highest BCUT2D eigenvalue weighted by atomic mass is 32.2. The predicted octanol–water partition coefficient (Wildman–Crippen LogP) is 1.37. The first kappa shape index (κ1) is 18.8. The Morgan fingerprint density at radius 2 is 2.07 bits per heavy atom. The van der Waals surface area contributed by atoms with Gasteiger partial charge in [0.2, 0.25) is 0 Å². The lowest BCUT2D eigenvalue weighted by Crippen LogP contribution is -2.48. The van der Waals surface area contributed by atoms with E-state index in [0.717, 1.165) is 28.6 Å². The maximum atomic E-state index is 12.9. The van der Waals surface area contributed by atoms with Crippen molar-refractivity contribution in [2.75, 3.05) is 39.8 Å². The van der Waals surface area contributed by atoms with Crippen LogP contribution in [0.5, 0.6) is 0 Å². The van der Waals surface area contributed by atoms with Crippen LogP contribution in [0, 0.1) is 0 Å². The highest BCUT2D eigenvalue weighted by molar-refractivity contribution is 7.86. The molecule has 1 N–H and O–H groups in total. The minimum atomic E-state index is -3.50. The van der Waals surface area contributed by atoms with Crippen molar-refractivity contribution in [3.05, 3.63) is 28.8 Å². The van der Waals surface area contributed by atoms with Crippen molar-refractivity contribution in [3.63, 3.8) is 0 Å². The van der Waals surface area contributed by atoms with E-state index in [1.165, 1.54) is 15.6 Å². The fourth-order valence-corrected chi connectivity index (χ4v) is 6.46. The summed E-state index contributed by atoms with van der Waals surface area (Å²) in [7, 11) is -1.92. The third kappa shape index (κ3) is 3.36. The van der Waals surface area contributed by atoms with Crippen LogP contribution in [0.25, 0.3) is 10.2 Å². The van der Waals surface area contributed by atoms with Gasteiger partial charge in [-0.3, -0.25) is 4.79 Å². The molecule has 4 rings (SSSR count). The van der Waals surface area contributed by atoms with Crippen molar-refractivity contribution in [2.24, 2.45) is 0 Å². The molecular weight excluding hydrogens is 388 g/mol. The Balaban J connectivity index is 1.70. The smallest absolute Gasteiger partial charge is 0.282 e. The van der Waals surface area contributed by atoms with Gasteiger partial charge in [0.05, 0.1) is 12.7 Å². The first-order valence-electron chi connectivity index (χ1n) is 8.98. The number of hydrogen-bond acceptors (Lipinski definition) is 6. The minimum Gasteiger partial charge on any atom is -0.371 e. The number of hydrogen-bond donors (Lipinski definition) is 1. The number of rotatable bonds is 4. The molecule has 0 aromatic carbocycles. The summed E-state index contributed by atoms with van der Waals surface area (Å²) < 4.78 is 34.9. The lowest BCUT2D eigenvalue weighted by atomic mass is 10.0. The molecule has 2 aliphatic heterocycles. The molecule has 2 fully saturated rings. The van der Waals surface area contributed by atoms with Gasteiger partial charge in [-0.25, -0.2) is 4.98 Å². The molecule has 4 heterocycles. The Hall–Kier alpha value is -1.59. The summed E-state index contributed by atoms with van der Waals surface area (Å²) in [5.74, 6) is -0.212. The summed E-state index contributed by atoms with van der Waals surface area (Å²) in [4.78, 5) is 18.0.